The molecule has 1 heterocycles. The quantitative estimate of drug-likeness (QED) is 0.528. The smallest absolute Gasteiger partial charge is 0.430 e. The number of amides is 1. The minimum Gasteiger partial charge on any atom is -0.448 e. The van der Waals surface area contributed by atoms with Crippen LogP contribution in [0.3, 0.4) is 0 Å². The number of ether oxygens (including phenoxy) is 1. The molecule has 0 spiro atoms. The van der Waals surface area contributed by atoms with Gasteiger partial charge in [-0.05, 0) is 50.1 Å². The molecule has 7 nitrogen and oxygen atoms in total. The van der Waals surface area contributed by atoms with Crippen LogP contribution in [0.2, 0.25) is 0 Å². The molecule has 27 heavy (non-hydrogen) atoms. The van der Waals surface area contributed by atoms with Gasteiger partial charge in [-0.2, -0.15) is 10.1 Å². The second-order valence-electron chi connectivity index (χ2n) is 6.15. The first kappa shape index (κ1) is 19.0. The van der Waals surface area contributed by atoms with Gasteiger partial charge in [0, 0.05) is 27.7 Å². The predicted octanol–water partition coefficient (Wildman–Crippen LogP) is 4.51. The van der Waals surface area contributed by atoms with Crippen molar-refractivity contribution < 1.29 is 14.5 Å². The lowest BCUT2D eigenvalue weighted by molar-refractivity contribution is -0.384. The van der Waals surface area contributed by atoms with Crippen LogP contribution >= 0.6 is 15.9 Å². The number of fused-ring (bicyclic) bond motifs is 1. The van der Waals surface area contributed by atoms with Crippen LogP contribution in [0.5, 0.6) is 0 Å². The maximum Gasteiger partial charge on any atom is 0.430 e. The van der Waals surface area contributed by atoms with E-state index in [1.165, 1.54) is 17.1 Å². The number of carbonyl (C=O) groups is 1. The topological polar surface area (TPSA) is 85.0 Å². The molecule has 0 radical (unpaired) electrons. The predicted molar refractivity (Wildman–Crippen MR) is 105 cm³/mol. The van der Waals surface area contributed by atoms with Gasteiger partial charge in [0.05, 0.1) is 23.3 Å². The van der Waals surface area contributed by atoms with Crippen LogP contribution in [-0.4, -0.2) is 34.4 Å². The number of nitro benzene ring substituents is 1. The van der Waals surface area contributed by atoms with Gasteiger partial charge >= 0.3 is 6.09 Å². The third kappa shape index (κ3) is 4.00. The Bertz CT molecular complexity index is 912. The second-order valence-corrected chi connectivity index (χ2v) is 7.07. The van der Waals surface area contributed by atoms with Crippen LogP contribution in [0.4, 0.5) is 10.5 Å². The molecule has 2 aromatic rings. The largest absolute Gasteiger partial charge is 0.448 e. The first-order chi connectivity index (χ1) is 12.9. The first-order valence-electron chi connectivity index (χ1n) is 8.49. The SMILES string of the molecule is CCOC(=O)N1N=C(c2ccc([N+](=O)[O-])cc2)c2cc(Br)ccc2CC1C. The number of carbonyl (C=O) groups excluding carboxylic acids is 1. The average Bonchev–Trinajstić information content (AvgIpc) is 2.78. The molecule has 8 heteroatoms. The Kier molecular flexibility index (Phi) is 5.55. The zero-order valence-corrected chi connectivity index (χ0v) is 16.5. The average molecular weight is 432 g/mol. The van der Waals surface area contributed by atoms with Gasteiger partial charge < -0.3 is 4.74 Å². The van der Waals surface area contributed by atoms with Crippen LogP contribution in [0.15, 0.2) is 52.0 Å². The van der Waals surface area contributed by atoms with Crippen molar-refractivity contribution in [2.75, 3.05) is 6.61 Å². The highest BCUT2D eigenvalue weighted by Crippen LogP contribution is 2.27. The van der Waals surface area contributed by atoms with Crippen LogP contribution in [0, 0.1) is 10.1 Å². The maximum absolute atomic E-state index is 12.4. The van der Waals surface area contributed by atoms with Crippen LogP contribution in [-0.2, 0) is 11.2 Å². The monoisotopic (exact) mass is 431 g/mol. The number of hydrazone groups is 1. The Balaban J connectivity index is 2.15. The summed E-state index contributed by atoms with van der Waals surface area (Å²) in [5.41, 5.74) is 3.16. The molecule has 0 saturated heterocycles. The molecule has 3 rings (SSSR count). The zero-order valence-electron chi connectivity index (χ0n) is 14.9. The molecular formula is C19H18BrN3O4. The van der Waals surface area contributed by atoms with Gasteiger partial charge in [0.25, 0.3) is 5.69 Å². The summed E-state index contributed by atoms with van der Waals surface area (Å²) in [6.45, 7) is 3.90. The molecule has 2 aromatic carbocycles. The Labute approximate surface area is 164 Å². The van der Waals surface area contributed by atoms with E-state index in [0.717, 1.165) is 15.6 Å². The summed E-state index contributed by atoms with van der Waals surface area (Å²) in [7, 11) is 0. The maximum atomic E-state index is 12.4. The van der Waals surface area contributed by atoms with E-state index in [0.29, 0.717) is 17.7 Å². The van der Waals surface area contributed by atoms with Gasteiger partial charge in [0.15, 0.2) is 0 Å². The van der Waals surface area contributed by atoms with E-state index in [1.807, 2.05) is 25.1 Å². The van der Waals surface area contributed by atoms with E-state index in [4.69, 9.17) is 4.74 Å². The summed E-state index contributed by atoms with van der Waals surface area (Å²) in [6.07, 6.45) is 0.0952. The van der Waals surface area contributed by atoms with E-state index < -0.39 is 11.0 Å². The Morgan fingerprint density at radius 3 is 2.67 bits per heavy atom. The number of nitro groups is 1. The highest BCUT2D eigenvalue weighted by molar-refractivity contribution is 9.10. The first-order valence-corrected chi connectivity index (χ1v) is 9.28. The summed E-state index contributed by atoms with van der Waals surface area (Å²) in [6, 6.07) is 11.8. The summed E-state index contributed by atoms with van der Waals surface area (Å²) in [4.78, 5) is 22.9. The van der Waals surface area contributed by atoms with Gasteiger partial charge in [-0.25, -0.2) is 4.79 Å². The molecular weight excluding hydrogens is 414 g/mol. The fourth-order valence-electron chi connectivity index (χ4n) is 2.98. The van der Waals surface area contributed by atoms with Gasteiger partial charge in [-0.15, -0.1) is 0 Å². The standard InChI is InChI=1S/C19H18BrN3O4/c1-3-27-19(24)22-12(2)10-14-4-7-15(20)11-17(14)18(21-22)13-5-8-16(9-6-13)23(25)26/h4-9,11-12H,3,10H2,1-2H3. The Morgan fingerprint density at radius 2 is 2.04 bits per heavy atom. The summed E-state index contributed by atoms with van der Waals surface area (Å²) in [5.74, 6) is 0. The Hall–Kier alpha value is -2.74. The molecule has 1 aliphatic rings. The lowest BCUT2D eigenvalue weighted by Gasteiger charge is -2.22. The fraction of sp³-hybridized carbons (Fsp3) is 0.263. The summed E-state index contributed by atoms with van der Waals surface area (Å²) >= 11 is 3.48. The number of hydrogen-bond donors (Lipinski definition) is 0. The molecule has 0 fully saturated rings. The normalized spacial score (nSPS) is 16.2. The fourth-order valence-corrected chi connectivity index (χ4v) is 3.34. The van der Waals surface area contributed by atoms with Crippen molar-refractivity contribution in [2.45, 2.75) is 26.3 Å². The number of halogens is 1. The van der Waals surface area contributed by atoms with Crippen molar-refractivity contribution in [3.63, 3.8) is 0 Å². The molecule has 0 saturated carbocycles. The van der Waals surface area contributed by atoms with Crippen molar-refractivity contribution in [1.82, 2.24) is 5.01 Å². The minimum absolute atomic E-state index is 0.00180. The molecule has 1 atom stereocenters. The van der Waals surface area contributed by atoms with E-state index in [2.05, 4.69) is 21.0 Å². The van der Waals surface area contributed by atoms with Crippen LogP contribution < -0.4 is 0 Å². The number of non-ortho nitro benzene ring substituents is 1. The highest BCUT2D eigenvalue weighted by atomic mass is 79.9. The van der Waals surface area contributed by atoms with Crippen LogP contribution in [0.1, 0.15) is 30.5 Å². The molecule has 1 unspecified atom stereocenters. The van der Waals surface area contributed by atoms with Crippen molar-refractivity contribution in [2.24, 2.45) is 5.10 Å². The number of hydrogen-bond acceptors (Lipinski definition) is 5. The molecule has 140 valence electrons. The van der Waals surface area contributed by atoms with Crippen molar-refractivity contribution in [1.29, 1.82) is 0 Å². The molecule has 1 amide bonds. The number of benzene rings is 2. The molecule has 0 N–H and O–H groups in total. The lowest BCUT2D eigenvalue weighted by atomic mass is 9.95. The molecule has 1 aliphatic heterocycles. The van der Waals surface area contributed by atoms with Crippen molar-refractivity contribution >= 4 is 33.4 Å². The lowest BCUT2D eigenvalue weighted by Crippen LogP contribution is -2.35. The van der Waals surface area contributed by atoms with E-state index in [-0.39, 0.29) is 18.3 Å². The molecule has 0 aliphatic carbocycles. The molecule has 0 aromatic heterocycles. The number of rotatable bonds is 3. The van der Waals surface area contributed by atoms with Gasteiger partial charge in [0.2, 0.25) is 0 Å². The molecule has 0 bridgehead atoms. The van der Waals surface area contributed by atoms with Gasteiger partial charge in [0.1, 0.15) is 0 Å². The van der Waals surface area contributed by atoms with E-state index in [9.17, 15) is 14.9 Å². The Morgan fingerprint density at radius 1 is 1.33 bits per heavy atom. The highest BCUT2D eigenvalue weighted by Gasteiger charge is 2.28. The van der Waals surface area contributed by atoms with Crippen LogP contribution in [0.25, 0.3) is 0 Å². The van der Waals surface area contributed by atoms with Crippen molar-refractivity contribution in [3.05, 3.63) is 73.7 Å². The van der Waals surface area contributed by atoms with E-state index in [1.54, 1.807) is 19.1 Å². The zero-order chi connectivity index (χ0) is 19.6. The summed E-state index contributed by atoms with van der Waals surface area (Å²) in [5, 5.41) is 16.9. The van der Waals surface area contributed by atoms with Crippen molar-refractivity contribution in [3.8, 4) is 0 Å². The van der Waals surface area contributed by atoms with E-state index >= 15 is 0 Å². The third-order valence-corrected chi connectivity index (χ3v) is 4.77. The summed E-state index contributed by atoms with van der Waals surface area (Å²) < 4.78 is 6.03. The van der Waals surface area contributed by atoms with Gasteiger partial charge in [-0.1, -0.05) is 22.0 Å². The third-order valence-electron chi connectivity index (χ3n) is 4.27. The van der Waals surface area contributed by atoms with Gasteiger partial charge in [-0.3, -0.25) is 10.1 Å². The minimum atomic E-state index is -0.517. The number of nitrogens with zero attached hydrogens (tertiary/aromatic N) is 3. The second kappa shape index (κ2) is 7.87.